The average molecular weight is 497 g/mol. The third-order valence-electron chi connectivity index (χ3n) is 6.25. The van der Waals surface area contributed by atoms with E-state index in [9.17, 15) is 37.6 Å². The van der Waals surface area contributed by atoms with Gasteiger partial charge in [0.05, 0.1) is 18.8 Å². The Kier molecular flexibility index (Phi) is 6.83. The molecule has 3 heterocycles. The number of amides is 4. The number of nitrogens with one attached hydrogen (secondary N) is 2. The van der Waals surface area contributed by atoms with Gasteiger partial charge in [0.15, 0.2) is 5.54 Å². The van der Waals surface area contributed by atoms with E-state index in [1.165, 1.54) is 22.8 Å². The number of halogens is 3. The Morgan fingerprint density at radius 1 is 1.37 bits per heavy atom. The molecule has 4 atom stereocenters. The van der Waals surface area contributed by atoms with E-state index >= 15 is 0 Å². The van der Waals surface area contributed by atoms with Crippen molar-refractivity contribution in [3.63, 3.8) is 0 Å². The van der Waals surface area contributed by atoms with Crippen molar-refractivity contribution >= 4 is 29.4 Å². The van der Waals surface area contributed by atoms with E-state index in [1.807, 2.05) is 6.07 Å². The van der Waals surface area contributed by atoms with E-state index in [2.05, 4.69) is 10.4 Å². The van der Waals surface area contributed by atoms with Crippen LogP contribution in [0, 0.1) is 17.2 Å². The number of hydrogen-bond donors (Lipinski definition) is 2. The molecule has 0 aromatic carbocycles. The van der Waals surface area contributed by atoms with Crippen LogP contribution in [0.3, 0.4) is 0 Å². The van der Waals surface area contributed by atoms with Crippen molar-refractivity contribution in [3.05, 3.63) is 12.3 Å². The number of likely N-dealkylation sites (tertiary alicyclic amines) is 1. The molecule has 35 heavy (non-hydrogen) atoms. The first-order valence-corrected chi connectivity index (χ1v) is 10.9. The molecule has 1 fully saturated rings. The molecule has 2 N–H and O–H groups in total. The van der Waals surface area contributed by atoms with E-state index in [0.717, 1.165) is 11.8 Å². The van der Waals surface area contributed by atoms with Gasteiger partial charge in [0.2, 0.25) is 11.8 Å². The Morgan fingerprint density at radius 2 is 2.03 bits per heavy atom. The van der Waals surface area contributed by atoms with Crippen LogP contribution in [0.15, 0.2) is 12.3 Å². The van der Waals surface area contributed by atoms with E-state index in [0.29, 0.717) is 5.82 Å². The fraction of sp³-hybridized carbons (Fsp3) is 0.619. The Morgan fingerprint density at radius 3 is 2.60 bits per heavy atom. The summed E-state index contributed by atoms with van der Waals surface area (Å²) in [6, 6.07) is -0.0736. The third-order valence-corrected chi connectivity index (χ3v) is 6.25. The fourth-order valence-electron chi connectivity index (χ4n) is 4.48. The number of carbonyl (C=O) groups is 4. The molecule has 1 aromatic rings. The topological polar surface area (TPSA) is 140 Å². The number of aromatic nitrogens is 2. The van der Waals surface area contributed by atoms with Gasteiger partial charge in [0.25, 0.3) is 5.91 Å². The van der Waals surface area contributed by atoms with E-state index in [-0.39, 0.29) is 25.3 Å². The SMILES string of the molecule is CC(C)CC(C(=O)N1C[C@]2(C[C@H]1C#N)C(=O)Nc1ccnn12)N(C)C(=O)C(C)NC(=O)C(F)(F)F. The minimum Gasteiger partial charge on any atom is -0.337 e. The molecule has 2 aliphatic rings. The van der Waals surface area contributed by atoms with Crippen molar-refractivity contribution in [2.45, 2.75) is 63.5 Å². The van der Waals surface area contributed by atoms with Gasteiger partial charge in [-0.2, -0.15) is 23.5 Å². The van der Waals surface area contributed by atoms with Gasteiger partial charge in [-0.15, -0.1) is 0 Å². The molecule has 2 unspecified atom stereocenters. The van der Waals surface area contributed by atoms with Gasteiger partial charge in [0.1, 0.15) is 23.9 Å². The van der Waals surface area contributed by atoms with Crippen molar-refractivity contribution in [1.29, 1.82) is 5.26 Å². The van der Waals surface area contributed by atoms with Crippen molar-refractivity contribution < 1.29 is 32.3 Å². The van der Waals surface area contributed by atoms with Crippen LogP contribution < -0.4 is 10.6 Å². The Balaban J connectivity index is 1.86. The predicted molar refractivity (Wildman–Crippen MR) is 114 cm³/mol. The summed E-state index contributed by atoms with van der Waals surface area (Å²) in [4.78, 5) is 52.8. The maximum atomic E-state index is 13.6. The molecule has 0 saturated carbocycles. The summed E-state index contributed by atoms with van der Waals surface area (Å²) < 4.78 is 39.3. The van der Waals surface area contributed by atoms with Crippen LogP contribution in [0.5, 0.6) is 0 Å². The van der Waals surface area contributed by atoms with Crippen LogP contribution in [-0.4, -0.2) is 81.1 Å². The molecule has 4 amide bonds. The zero-order valence-electron chi connectivity index (χ0n) is 19.6. The first-order valence-electron chi connectivity index (χ1n) is 10.9. The largest absolute Gasteiger partial charge is 0.471 e. The number of nitrogens with zero attached hydrogens (tertiary/aromatic N) is 5. The summed E-state index contributed by atoms with van der Waals surface area (Å²) >= 11 is 0. The maximum Gasteiger partial charge on any atom is 0.471 e. The number of likely N-dealkylation sites (N-methyl/N-ethyl adjacent to an activating group) is 1. The molecule has 1 spiro atoms. The number of carbonyl (C=O) groups excluding carboxylic acids is 4. The van der Waals surface area contributed by atoms with Crippen LogP contribution in [0.1, 0.15) is 33.6 Å². The Bertz CT molecular complexity index is 1080. The molecule has 1 aromatic heterocycles. The lowest BCUT2D eigenvalue weighted by Crippen LogP contribution is -2.56. The summed E-state index contributed by atoms with van der Waals surface area (Å²) in [5.74, 6) is -3.89. The molecule has 2 aliphatic heterocycles. The molecular weight excluding hydrogens is 471 g/mol. The van der Waals surface area contributed by atoms with Crippen molar-refractivity contribution in [3.8, 4) is 6.07 Å². The second-order valence-electron chi connectivity index (χ2n) is 9.22. The van der Waals surface area contributed by atoms with Gasteiger partial charge in [0, 0.05) is 19.5 Å². The van der Waals surface area contributed by atoms with Gasteiger partial charge in [-0.3, -0.25) is 19.2 Å². The summed E-state index contributed by atoms with van der Waals surface area (Å²) in [5, 5.41) is 18.2. The summed E-state index contributed by atoms with van der Waals surface area (Å²) in [7, 11) is 1.25. The number of anilines is 1. The predicted octanol–water partition coefficient (Wildman–Crippen LogP) is 0.595. The standard InChI is InChI=1S/C21H26F3N7O4/c1-11(2)7-14(29(4)16(32)12(3)27-19(35)21(22,23)24)17(33)30-10-20(8-13(30)9-25)18(34)28-15-5-6-26-31(15)20/h5-6,11-14H,7-8,10H2,1-4H3,(H,27,35)(H,28,34)/t12?,13-,14?,20+/m0/s1. The summed E-state index contributed by atoms with van der Waals surface area (Å²) in [6.45, 7) is 4.51. The first kappa shape index (κ1) is 26.0. The highest BCUT2D eigenvalue weighted by molar-refractivity contribution is 6.01. The molecule has 0 bridgehead atoms. The van der Waals surface area contributed by atoms with Gasteiger partial charge in [-0.25, -0.2) is 4.68 Å². The maximum absolute atomic E-state index is 13.6. The minimum absolute atomic E-state index is 0.0140. The minimum atomic E-state index is -5.17. The average Bonchev–Trinajstić information content (AvgIpc) is 3.45. The number of nitriles is 1. The van der Waals surface area contributed by atoms with Gasteiger partial charge < -0.3 is 20.4 Å². The van der Waals surface area contributed by atoms with Crippen molar-refractivity contribution in [2.24, 2.45) is 5.92 Å². The monoisotopic (exact) mass is 497 g/mol. The van der Waals surface area contributed by atoms with Gasteiger partial charge >= 0.3 is 12.1 Å². The molecular formula is C21H26F3N7O4. The molecule has 190 valence electrons. The molecule has 14 heteroatoms. The number of fused-ring (bicyclic) bond motifs is 2. The quantitative estimate of drug-likeness (QED) is 0.590. The fourth-order valence-corrected chi connectivity index (χ4v) is 4.48. The molecule has 3 rings (SSSR count). The van der Waals surface area contributed by atoms with Crippen LogP contribution in [0.2, 0.25) is 0 Å². The van der Waals surface area contributed by atoms with Crippen molar-refractivity contribution in [1.82, 2.24) is 24.9 Å². The number of rotatable bonds is 6. The van der Waals surface area contributed by atoms with E-state index < -0.39 is 53.5 Å². The van der Waals surface area contributed by atoms with Gasteiger partial charge in [-0.1, -0.05) is 13.8 Å². The Labute approximate surface area is 199 Å². The van der Waals surface area contributed by atoms with Crippen LogP contribution >= 0.6 is 0 Å². The second kappa shape index (κ2) is 9.20. The lowest BCUT2D eigenvalue weighted by atomic mass is 9.96. The summed E-state index contributed by atoms with van der Waals surface area (Å²) in [5.41, 5.74) is -1.28. The number of alkyl halides is 3. The van der Waals surface area contributed by atoms with Crippen molar-refractivity contribution in [2.75, 3.05) is 18.9 Å². The normalized spacial score (nSPS) is 23.0. The third kappa shape index (κ3) is 4.67. The molecule has 11 nitrogen and oxygen atoms in total. The zero-order chi connectivity index (χ0) is 26.3. The highest BCUT2D eigenvalue weighted by Gasteiger charge is 2.57. The smallest absolute Gasteiger partial charge is 0.337 e. The molecule has 1 saturated heterocycles. The van der Waals surface area contributed by atoms with Crippen LogP contribution in [-0.2, 0) is 24.7 Å². The van der Waals surface area contributed by atoms with Crippen LogP contribution in [0.4, 0.5) is 19.0 Å². The lowest BCUT2D eigenvalue weighted by Gasteiger charge is -2.34. The summed E-state index contributed by atoms with van der Waals surface area (Å²) in [6.07, 6.45) is -3.56. The van der Waals surface area contributed by atoms with E-state index in [4.69, 9.17) is 0 Å². The molecule has 0 radical (unpaired) electrons. The zero-order valence-corrected chi connectivity index (χ0v) is 19.6. The highest BCUT2D eigenvalue weighted by atomic mass is 19.4. The Hall–Kier alpha value is -3.63. The first-order chi connectivity index (χ1) is 16.2. The highest BCUT2D eigenvalue weighted by Crippen LogP contribution is 2.40. The second-order valence-corrected chi connectivity index (χ2v) is 9.22. The van der Waals surface area contributed by atoms with E-state index in [1.54, 1.807) is 25.2 Å². The van der Waals surface area contributed by atoms with Crippen LogP contribution in [0.25, 0.3) is 0 Å². The number of hydrogen-bond acceptors (Lipinski definition) is 6. The van der Waals surface area contributed by atoms with Gasteiger partial charge in [-0.05, 0) is 19.3 Å². The molecule has 0 aliphatic carbocycles. The lowest BCUT2D eigenvalue weighted by molar-refractivity contribution is -0.175.